The number of ether oxygens (including phenoxy) is 1. The molecule has 0 aliphatic rings. The van der Waals surface area contributed by atoms with Crippen LogP contribution in [-0.2, 0) is 0 Å². The van der Waals surface area contributed by atoms with Crippen LogP contribution in [0.1, 0.15) is 15.9 Å². The van der Waals surface area contributed by atoms with Crippen LogP contribution in [0.4, 0.5) is 5.69 Å². The zero-order valence-corrected chi connectivity index (χ0v) is 15.3. The van der Waals surface area contributed by atoms with Crippen molar-refractivity contribution in [1.82, 2.24) is 0 Å². The van der Waals surface area contributed by atoms with Gasteiger partial charge in [0.2, 0.25) is 0 Å². The molecule has 0 unspecified atom stereocenters. The van der Waals surface area contributed by atoms with Gasteiger partial charge in [-0.3, -0.25) is 4.79 Å². The lowest BCUT2D eigenvalue weighted by molar-refractivity contribution is 0.104. The minimum atomic E-state index is -0.104. The highest BCUT2D eigenvalue weighted by Gasteiger charge is 2.05. The van der Waals surface area contributed by atoms with Gasteiger partial charge in [-0.2, -0.15) is 0 Å². The van der Waals surface area contributed by atoms with Gasteiger partial charge in [0.1, 0.15) is 17.2 Å². The van der Waals surface area contributed by atoms with E-state index in [-0.39, 0.29) is 11.5 Å². The molecule has 0 atom stereocenters. The van der Waals surface area contributed by atoms with E-state index in [1.54, 1.807) is 54.6 Å². The second kappa shape index (κ2) is 8.23. The zero-order chi connectivity index (χ0) is 19.2. The van der Waals surface area contributed by atoms with Gasteiger partial charge in [0.15, 0.2) is 5.78 Å². The van der Waals surface area contributed by atoms with Crippen LogP contribution in [0.2, 0.25) is 0 Å². The highest BCUT2D eigenvalue weighted by Crippen LogP contribution is 2.25. The standard InChI is InChI=1S/C23H21NO3/c1-24(2)19-12-9-17(10-13-19)11-14-23(26)18-5-3-7-21(15-18)27-22-8-4-6-20(25)16-22/h3-16,25H,1-2H3/b14-11+. The van der Waals surface area contributed by atoms with E-state index in [9.17, 15) is 9.90 Å². The summed E-state index contributed by atoms with van der Waals surface area (Å²) in [6, 6.07) is 21.5. The van der Waals surface area contributed by atoms with Crippen molar-refractivity contribution in [3.8, 4) is 17.2 Å². The fourth-order valence-corrected chi connectivity index (χ4v) is 2.55. The van der Waals surface area contributed by atoms with Gasteiger partial charge in [0, 0.05) is 31.4 Å². The molecule has 3 rings (SSSR count). The number of allylic oxidation sites excluding steroid dienone is 1. The molecule has 0 aliphatic carbocycles. The van der Waals surface area contributed by atoms with Crippen LogP contribution in [0.25, 0.3) is 6.08 Å². The van der Waals surface area contributed by atoms with Crippen molar-refractivity contribution in [2.24, 2.45) is 0 Å². The predicted octanol–water partition coefficient (Wildman–Crippen LogP) is 5.15. The molecule has 0 spiro atoms. The molecule has 0 aliphatic heterocycles. The normalized spacial score (nSPS) is 10.7. The summed E-state index contributed by atoms with van der Waals surface area (Å²) >= 11 is 0. The number of rotatable bonds is 6. The smallest absolute Gasteiger partial charge is 0.185 e. The van der Waals surface area contributed by atoms with Gasteiger partial charge in [-0.1, -0.05) is 36.4 Å². The molecular weight excluding hydrogens is 338 g/mol. The summed E-state index contributed by atoms with van der Waals surface area (Å²) in [6.45, 7) is 0. The summed E-state index contributed by atoms with van der Waals surface area (Å²) in [4.78, 5) is 14.5. The minimum Gasteiger partial charge on any atom is -0.508 e. The number of hydrogen-bond donors (Lipinski definition) is 1. The average molecular weight is 359 g/mol. The van der Waals surface area contributed by atoms with Crippen molar-refractivity contribution >= 4 is 17.5 Å². The largest absolute Gasteiger partial charge is 0.508 e. The van der Waals surface area contributed by atoms with E-state index in [0.29, 0.717) is 17.1 Å². The van der Waals surface area contributed by atoms with E-state index in [2.05, 4.69) is 0 Å². The second-order valence-electron chi connectivity index (χ2n) is 6.31. The number of hydrogen-bond acceptors (Lipinski definition) is 4. The van der Waals surface area contributed by atoms with Gasteiger partial charge < -0.3 is 14.7 Å². The topological polar surface area (TPSA) is 49.8 Å². The van der Waals surface area contributed by atoms with Crippen LogP contribution in [0, 0.1) is 0 Å². The summed E-state index contributed by atoms with van der Waals surface area (Å²) in [5.41, 5.74) is 2.60. The maximum absolute atomic E-state index is 12.5. The first-order valence-electron chi connectivity index (χ1n) is 8.58. The van der Waals surface area contributed by atoms with E-state index >= 15 is 0 Å². The Balaban J connectivity index is 1.71. The molecule has 3 aromatic rings. The molecule has 0 heterocycles. The van der Waals surface area contributed by atoms with Crippen LogP contribution in [0.15, 0.2) is 78.9 Å². The third-order valence-corrected chi connectivity index (χ3v) is 4.01. The number of aromatic hydroxyl groups is 1. The monoisotopic (exact) mass is 359 g/mol. The number of carbonyl (C=O) groups excluding carboxylic acids is 1. The van der Waals surface area contributed by atoms with E-state index in [1.807, 2.05) is 43.3 Å². The lowest BCUT2D eigenvalue weighted by Crippen LogP contribution is -2.07. The van der Waals surface area contributed by atoms with Gasteiger partial charge in [0.05, 0.1) is 0 Å². The Kier molecular flexibility index (Phi) is 5.57. The lowest BCUT2D eigenvalue weighted by atomic mass is 10.1. The van der Waals surface area contributed by atoms with Gasteiger partial charge in [-0.25, -0.2) is 0 Å². The maximum Gasteiger partial charge on any atom is 0.185 e. The van der Waals surface area contributed by atoms with Crippen LogP contribution in [0.3, 0.4) is 0 Å². The van der Waals surface area contributed by atoms with Gasteiger partial charge in [0.25, 0.3) is 0 Å². The fraction of sp³-hybridized carbons (Fsp3) is 0.0870. The Hall–Kier alpha value is -3.53. The van der Waals surface area contributed by atoms with Gasteiger partial charge in [-0.15, -0.1) is 0 Å². The highest BCUT2D eigenvalue weighted by molar-refractivity contribution is 6.07. The summed E-state index contributed by atoms with van der Waals surface area (Å²) in [5.74, 6) is 1.07. The molecule has 1 N–H and O–H groups in total. The first-order valence-corrected chi connectivity index (χ1v) is 8.58. The van der Waals surface area contributed by atoms with Crippen molar-refractivity contribution in [2.45, 2.75) is 0 Å². The molecule has 0 saturated heterocycles. The number of carbonyl (C=O) groups is 1. The van der Waals surface area contributed by atoms with Crippen molar-refractivity contribution in [2.75, 3.05) is 19.0 Å². The summed E-state index contributed by atoms with van der Waals surface area (Å²) in [6.07, 6.45) is 3.35. The minimum absolute atomic E-state index is 0.104. The Morgan fingerprint density at radius 2 is 1.59 bits per heavy atom. The van der Waals surface area contributed by atoms with Crippen molar-refractivity contribution in [1.29, 1.82) is 0 Å². The molecule has 27 heavy (non-hydrogen) atoms. The summed E-state index contributed by atoms with van der Waals surface area (Å²) in [5, 5.41) is 9.51. The molecule has 0 bridgehead atoms. The Morgan fingerprint density at radius 3 is 2.26 bits per heavy atom. The van der Waals surface area contributed by atoms with Crippen LogP contribution in [-0.4, -0.2) is 25.0 Å². The van der Waals surface area contributed by atoms with Crippen LogP contribution < -0.4 is 9.64 Å². The molecule has 0 radical (unpaired) electrons. The lowest BCUT2D eigenvalue weighted by Gasteiger charge is -2.11. The molecule has 136 valence electrons. The SMILES string of the molecule is CN(C)c1ccc(/C=C/C(=O)c2cccc(Oc3cccc(O)c3)c2)cc1. The van der Waals surface area contributed by atoms with Crippen molar-refractivity contribution < 1.29 is 14.6 Å². The molecule has 3 aromatic carbocycles. The third-order valence-electron chi connectivity index (χ3n) is 4.01. The molecule has 0 aromatic heterocycles. The van der Waals surface area contributed by atoms with E-state index in [0.717, 1.165) is 11.3 Å². The first-order chi connectivity index (χ1) is 13.0. The summed E-state index contributed by atoms with van der Waals surface area (Å²) in [7, 11) is 3.97. The number of nitrogens with zero attached hydrogens (tertiary/aromatic N) is 1. The first kappa shape index (κ1) is 18.3. The Labute approximate surface area is 159 Å². The molecule has 4 heteroatoms. The Bertz CT molecular complexity index is 959. The Morgan fingerprint density at radius 1 is 0.926 bits per heavy atom. The zero-order valence-electron chi connectivity index (χ0n) is 15.3. The molecule has 4 nitrogen and oxygen atoms in total. The number of phenolic OH excluding ortho intramolecular Hbond substituents is 1. The molecule has 0 amide bonds. The van der Waals surface area contributed by atoms with Gasteiger partial charge >= 0.3 is 0 Å². The third kappa shape index (κ3) is 4.98. The molecule has 0 saturated carbocycles. The van der Waals surface area contributed by atoms with Crippen LogP contribution in [0.5, 0.6) is 17.2 Å². The second-order valence-corrected chi connectivity index (χ2v) is 6.31. The number of phenols is 1. The van der Waals surface area contributed by atoms with Crippen LogP contribution >= 0.6 is 0 Å². The fourth-order valence-electron chi connectivity index (χ4n) is 2.55. The van der Waals surface area contributed by atoms with E-state index < -0.39 is 0 Å². The van der Waals surface area contributed by atoms with E-state index in [1.165, 1.54) is 6.07 Å². The number of anilines is 1. The predicted molar refractivity (Wildman–Crippen MR) is 109 cm³/mol. The van der Waals surface area contributed by atoms with E-state index in [4.69, 9.17) is 4.74 Å². The quantitative estimate of drug-likeness (QED) is 0.489. The molecular formula is C23H21NO3. The van der Waals surface area contributed by atoms with Crippen molar-refractivity contribution in [3.05, 3.63) is 90.0 Å². The van der Waals surface area contributed by atoms with Crippen molar-refractivity contribution in [3.63, 3.8) is 0 Å². The molecule has 0 fully saturated rings. The summed E-state index contributed by atoms with van der Waals surface area (Å²) < 4.78 is 5.71. The average Bonchev–Trinajstić information content (AvgIpc) is 2.66. The van der Waals surface area contributed by atoms with Gasteiger partial charge in [-0.05, 0) is 48.0 Å². The maximum atomic E-state index is 12.5. The number of benzene rings is 3. The number of ketones is 1. The highest BCUT2D eigenvalue weighted by atomic mass is 16.5.